The maximum absolute atomic E-state index is 10.5. The van der Waals surface area contributed by atoms with Gasteiger partial charge in [0.25, 0.3) is 0 Å². The smallest absolute Gasteiger partial charge is 0.238 e. The number of nitrogens with zero attached hydrogens (tertiary/aromatic N) is 5. The standard InChI is InChI=1S/C57H35N5O/c1-4-16-36(17-5-1)37-28-30-40(31-29-37)56-58-55(39-20-8-3-9-21-39)59-57(60-56)62-48-26-14-11-23-43(48)46-34-45-42-22-10-13-25-47(42)61(50(45)35-51(46)62)49-33-32-41(38-18-6-2-7-19-38)53-44-24-12-15-27-52(44)63-54(49)53/h1-35H/i10D,11D,13D,14D,22D,23D,25D,26D,34D,35D. The lowest BCUT2D eigenvalue weighted by Crippen LogP contribution is -2.06. The van der Waals surface area contributed by atoms with Crippen LogP contribution in [0.5, 0.6) is 0 Å². The van der Waals surface area contributed by atoms with Crippen molar-refractivity contribution >= 4 is 65.6 Å². The molecule has 13 aromatic rings. The quantitative estimate of drug-likeness (QED) is 0.168. The van der Waals surface area contributed by atoms with Crippen molar-refractivity contribution in [3.05, 3.63) is 212 Å². The largest absolute Gasteiger partial charge is 0.454 e. The predicted molar refractivity (Wildman–Crippen MR) is 258 cm³/mol. The first kappa shape index (κ1) is 26.6. The van der Waals surface area contributed by atoms with Gasteiger partial charge >= 0.3 is 0 Å². The minimum atomic E-state index is -0.572. The highest BCUT2D eigenvalue weighted by molar-refractivity contribution is 6.21. The number of aromatic nitrogens is 5. The van der Waals surface area contributed by atoms with Crippen LogP contribution in [-0.2, 0) is 0 Å². The van der Waals surface area contributed by atoms with Crippen molar-refractivity contribution in [2.75, 3.05) is 0 Å². The number of fused-ring (bicyclic) bond motifs is 9. The summed E-state index contributed by atoms with van der Waals surface area (Å²) in [6, 6.07) is 43.1. The molecule has 0 bridgehead atoms. The Bertz CT molecular complexity index is 4480. The van der Waals surface area contributed by atoms with E-state index in [1.54, 1.807) is 10.6 Å². The third-order valence-electron chi connectivity index (χ3n) is 11.6. The van der Waals surface area contributed by atoms with Gasteiger partial charge in [0.2, 0.25) is 5.95 Å². The summed E-state index contributed by atoms with van der Waals surface area (Å²) in [5, 5.41) is 1.28. The van der Waals surface area contributed by atoms with E-state index in [0.717, 1.165) is 33.0 Å². The van der Waals surface area contributed by atoms with E-state index < -0.39 is 48.3 Å². The van der Waals surface area contributed by atoms with E-state index in [1.807, 2.05) is 146 Å². The van der Waals surface area contributed by atoms with E-state index in [1.165, 1.54) is 4.57 Å². The summed E-state index contributed by atoms with van der Waals surface area (Å²) in [5.74, 6) is 0.347. The summed E-state index contributed by atoms with van der Waals surface area (Å²) in [6.45, 7) is 0. The fraction of sp³-hybridized carbons (Fsp3) is 0. The second-order valence-corrected chi connectivity index (χ2v) is 15.2. The molecular weight excluding hydrogens is 771 g/mol. The third-order valence-corrected chi connectivity index (χ3v) is 11.6. The van der Waals surface area contributed by atoms with Gasteiger partial charge < -0.3 is 8.98 Å². The molecule has 0 aliphatic rings. The van der Waals surface area contributed by atoms with Crippen LogP contribution in [0.4, 0.5) is 0 Å². The van der Waals surface area contributed by atoms with Crippen LogP contribution in [0, 0.1) is 0 Å². The van der Waals surface area contributed by atoms with Gasteiger partial charge in [-0.15, -0.1) is 0 Å². The predicted octanol–water partition coefficient (Wildman–Crippen LogP) is 14.6. The summed E-state index contributed by atoms with van der Waals surface area (Å²) in [6.07, 6.45) is 0. The van der Waals surface area contributed by atoms with Crippen molar-refractivity contribution in [2.45, 2.75) is 0 Å². The fourth-order valence-corrected chi connectivity index (χ4v) is 8.75. The Hall–Kier alpha value is -8.61. The second kappa shape index (κ2) is 14.0. The highest BCUT2D eigenvalue weighted by Crippen LogP contribution is 2.44. The van der Waals surface area contributed by atoms with Gasteiger partial charge in [0.15, 0.2) is 17.2 Å². The molecule has 0 amide bonds. The van der Waals surface area contributed by atoms with Crippen molar-refractivity contribution in [3.8, 4) is 56.7 Å². The molecule has 0 saturated heterocycles. The number of hydrogen-bond donors (Lipinski definition) is 0. The molecule has 63 heavy (non-hydrogen) atoms. The summed E-state index contributed by atoms with van der Waals surface area (Å²) in [7, 11) is 0. The fourth-order valence-electron chi connectivity index (χ4n) is 8.75. The van der Waals surface area contributed by atoms with E-state index in [2.05, 4.69) is 0 Å². The first-order valence-electron chi connectivity index (χ1n) is 25.4. The van der Waals surface area contributed by atoms with Crippen molar-refractivity contribution in [1.82, 2.24) is 24.1 Å². The van der Waals surface area contributed by atoms with Gasteiger partial charge in [0.1, 0.15) is 5.58 Å². The molecule has 0 radical (unpaired) electrons. The molecule has 13 rings (SSSR count). The molecule has 0 unspecified atom stereocenters. The molecule has 0 spiro atoms. The Morgan fingerprint density at radius 1 is 0.397 bits per heavy atom. The highest BCUT2D eigenvalue weighted by atomic mass is 16.3. The van der Waals surface area contributed by atoms with Crippen LogP contribution in [0.25, 0.3) is 122 Å². The van der Waals surface area contributed by atoms with Crippen LogP contribution in [0.2, 0.25) is 0 Å². The Morgan fingerprint density at radius 2 is 0.921 bits per heavy atom. The monoisotopic (exact) mass is 815 g/mol. The number of para-hydroxylation sites is 3. The number of furan rings is 1. The normalized spacial score (nSPS) is 14.0. The van der Waals surface area contributed by atoms with E-state index in [0.29, 0.717) is 28.0 Å². The molecule has 6 heteroatoms. The summed E-state index contributed by atoms with van der Waals surface area (Å²) in [4.78, 5) is 15.0. The summed E-state index contributed by atoms with van der Waals surface area (Å²) >= 11 is 0. The first-order chi connectivity index (χ1) is 35.4. The van der Waals surface area contributed by atoms with Crippen molar-refractivity contribution in [1.29, 1.82) is 0 Å². The zero-order valence-corrected chi connectivity index (χ0v) is 33.1. The zero-order chi connectivity index (χ0) is 50.1. The Labute approximate surface area is 375 Å². The molecule has 4 heterocycles. The third kappa shape index (κ3) is 5.55. The maximum atomic E-state index is 10.5. The van der Waals surface area contributed by atoms with Crippen LogP contribution in [0.3, 0.4) is 0 Å². The molecule has 0 aliphatic heterocycles. The zero-order valence-electron chi connectivity index (χ0n) is 43.1. The molecule has 9 aromatic carbocycles. The van der Waals surface area contributed by atoms with Crippen molar-refractivity contribution in [2.24, 2.45) is 0 Å². The summed E-state index contributed by atoms with van der Waals surface area (Å²) < 4.78 is 104. The molecule has 0 fully saturated rings. The minimum absolute atomic E-state index is 0.00194. The van der Waals surface area contributed by atoms with Crippen molar-refractivity contribution < 1.29 is 18.1 Å². The lowest BCUT2D eigenvalue weighted by atomic mass is 9.98. The lowest BCUT2D eigenvalue weighted by molar-refractivity contribution is 0.666. The van der Waals surface area contributed by atoms with Gasteiger partial charge in [-0.3, -0.25) is 4.57 Å². The van der Waals surface area contributed by atoms with E-state index in [9.17, 15) is 8.22 Å². The van der Waals surface area contributed by atoms with Crippen molar-refractivity contribution in [3.63, 3.8) is 0 Å². The topological polar surface area (TPSA) is 61.7 Å². The SMILES string of the molecule is [2H]c1c([2H])c([2H])c2c(c1[2H])c1c([2H])c3c4c([2H])c([2H])c([2H])c([2H])c4n(-c4ccc(-c5ccccc5)c5c4oc4ccccc45)c3c([2H])c1n2-c1nc(-c2ccccc2)nc(-c2ccc(-c3ccccc3)cc2)n1. The summed E-state index contributed by atoms with van der Waals surface area (Å²) in [5.41, 5.74) is 5.97. The average molecular weight is 816 g/mol. The van der Waals surface area contributed by atoms with Gasteiger partial charge in [-0.25, -0.2) is 4.98 Å². The van der Waals surface area contributed by atoms with E-state index in [-0.39, 0.29) is 73.3 Å². The Balaban J connectivity index is 1.21. The van der Waals surface area contributed by atoms with Crippen LogP contribution in [0.1, 0.15) is 13.7 Å². The van der Waals surface area contributed by atoms with Gasteiger partial charge in [-0.05, 0) is 58.6 Å². The highest BCUT2D eigenvalue weighted by Gasteiger charge is 2.24. The van der Waals surface area contributed by atoms with E-state index in [4.69, 9.17) is 24.9 Å². The number of hydrogen-bond acceptors (Lipinski definition) is 4. The number of benzene rings is 9. The van der Waals surface area contributed by atoms with Crippen LogP contribution in [-0.4, -0.2) is 24.1 Å². The average Bonchev–Trinajstić information content (AvgIpc) is 4.14. The Morgan fingerprint density at radius 3 is 1.60 bits per heavy atom. The lowest BCUT2D eigenvalue weighted by Gasteiger charge is -2.13. The van der Waals surface area contributed by atoms with Crippen LogP contribution < -0.4 is 0 Å². The molecular formula is C57H35N5O. The van der Waals surface area contributed by atoms with Gasteiger partial charge in [0.05, 0.1) is 41.5 Å². The van der Waals surface area contributed by atoms with Gasteiger partial charge in [-0.1, -0.05) is 176 Å². The minimum Gasteiger partial charge on any atom is -0.454 e. The molecule has 0 aliphatic carbocycles. The molecule has 0 atom stereocenters. The first-order valence-corrected chi connectivity index (χ1v) is 20.4. The maximum Gasteiger partial charge on any atom is 0.238 e. The molecule has 0 saturated carbocycles. The second-order valence-electron chi connectivity index (χ2n) is 15.2. The van der Waals surface area contributed by atoms with Gasteiger partial charge in [-0.2, -0.15) is 9.97 Å². The van der Waals surface area contributed by atoms with Crippen LogP contribution in [0.15, 0.2) is 217 Å². The molecule has 4 aromatic heterocycles. The van der Waals surface area contributed by atoms with Gasteiger partial charge in [0, 0.05) is 43.4 Å². The Kier molecular flexibility index (Phi) is 5.89. The van der Waals surface area contributed by atoms with E-state index >= 15 is 0 Å². The molecule has 6 nitrogen and oxygen atoms in total. The van der Waals surface area contributed by atoms with Crippen LogP contribution >= 0.6 is 0 Å². The number of rotatable bonds is 6. The molecule has 0 N–H and O–H groups in total. The molecule has 294 valence electrons.